The van der Waals surface area contributed by atoms with Gasteiger partial charge in [0.15, 0.2) is 24.6 Å². The number of ether oxygens (including phenoxy) is 5. The summed E-state index contributed by atoms with van der Waals surface area (Å²) in [5, 5.41) is 31.6. The summed E-state index contributed by atoms with van der Waals surface area (Å²) in [6, 6.07) is 0. The summed E-state index contributed by atoms with van der Waals surface area (Å²) in [5.41, 5.74) is 0. The van der Waals surface area contributed by atoms with Crippen LogP contribution in [0.4, 0.5) is 0 Å². The number of carboxylic acid groups (broad SMARTS) is 1. The smallest absolute Gasteiger partial charge is 0.335 e. The van der Waals surface area contributed by atoms with Gasteiger partial charge in [-0.2, -0.15) is 0 Å². The molecule has 0 radical (unpaired) electrons. The predicted molar refractivity (Wildman–Crippen MR) is 348 cm³/mol. The molecule has 85 heavy (non-hydrogen) atoms. The SMILES string of the molecule is CC/C=C\C/C=C\C/C=C\C/C=C\C/C=C\C/C=C\CCC(=O)OCC(COC1OC(C(=O)O)C(O)C(O)C1OC(=O)CCCCCCCC/C=C\C/C=C\C/C=C\C/C=C\CC)OC(=O)CCC/C=C\C/C=C\C/C=C\C/C=C\C/C=C\CC. The van der Waals surface area contributed by atoms with Gasteiger partial charge in [-0.25, -0.2) is 4.79 Å². The van der Waals surface area contributed by atoms with Crippen LogP contribution >= 0.6 is 0 Å². The normalized spacial score (nSPS) is 18.7. The lowest BCUT2D eigenvalue weighted by Crippen LogP contribution is -2.61. The fraction of sp³-hybridized carbons (Fsp3) is 0.534. The van der Waals surface area contributed by atoms with Crippen LogP contribution in [0, 0.1) is 0 Å². The largest absolute Gasteiger partial charge is 0.479 e. The maximum Gasteiger partial charge on any atom is 0.335 e. The summed E-state index contributed by atoms with van der Waals surface area (Å²) in [4.78, 5) is 51.3. The van der Waals surface area contributed by atoms with E-state index in [4.69, 9.17) is 23.7 Å². The molecule has 0 spiro atoms. The van der Waals surface area contributed by atoms with Gasteiger partial charge >= 0.3 is 23.9 Å². The summed E-state index contributed by atoms with van der Waals surface area (Å²) in [7, 11) is 0. The molecule has 1 rings (SSSR count). The number of carboxylic acids is 1. The van der Waals surface area contributed by atoms with Gasteiger partial charge in [-0.15, -0.1) is 0 Å². The second kappa shape index (κ2) is 58.2. The number of aliphatic hydroxyl groups excluding tert-OH is 2. The van der Waals surface area contributed by atoms with Crippen molar-refractivity contribution in [3.63, 3.8) is 0 Å². The van der Waals surface area contributed by atoms with E-state index in [0.717, 1.165) is 128 Å². The Morgan fingerprint density at radius 3 is 1.15 bits per heavy atom. The minimum Gasteiger partial charge on any atom is -0.479 e. The first-order valence-corrected chi connectivity index (χ1v) is 31.8. The minimum absolute atomic E-state index is 0.0186. The Morgan fingerprint density at radius 1 is 0.388 bits per heavy atom. The van der Waals surface area contributed by atoms with E-state index in [-0.39, 0.29) is 19.3 Å². The first-order chi connectivity index (χ1) is 41.6. The number of carbonyl (C=O) groups excluding carboxylic acids is 3. The van der Waals surface area contributed by atoms with E-state index in [2.05, 4.69) is 179 Å². The molecule has 0 bridgehead atoms. The third-order valence-corrected chi connectivity index (χ3v) is 13.0. The Labute approximate surface area is 512 Å². The first-order valence-electron chi connectivity index (χ1n) is 31.8. The third kappa shape index (κ3) is 47.7. The van der Waals surface area contributed by atoms with Gasteiger partial charge in [0.2, 0.25) is 0 Å². The Kier molecular flexibility index (Phi) is 52.6. The average Bonchev–Trinajstić information content (AvgIpc) is 3.51. The summed E-state index contributed by atoms with van der Waals surface area (Å²) in [5.74, 6) is -3.36. The third-order valence-electron chi connectivity index (χ3n) is 13.0. The molecular weight excluding hydrogens is 1070 g/mol. The zero-order chi connectivity index (χ0) is 61.7. The summed E-state index contributed by atoms with van der Waals surface area (Å²) < 4.78 is 28.3. The highest BCUT2D eigenvalue weighted by atomic mass is 16.7. The van der Waals surface area contributed by atoms with Gasteiger partial charge in [0.25, 0.3) is 0 Å². The lowest BCUT2D eigenvalue weighted by molar-refractivity contribution is -0.301. The summed E-state index contributed by atoms with van der Waals surface area (Å²) in [6.07, 6.45) is 75.8. The van der Waals surface area contributed by atoms with E-state index in [1.807, 2.05) is 24.3 Å². The van der Waals surface area contributed by atoms with Gasteiger partial charge in [0, 0.05) is 19.3 Å². The molecule has 1 aliphatic heterocycles. The fourth-order valence-electron chi connectivity index (χ4n) is 8.24. The van der Waals surface area contributed by atoms with Crippen LogP contribution in [0.5, 0.6) is 0 Å². The zero-order valence-corrected chi connectivity index (χ0v) is 52.0. The van der Waals surface area contributed by atoms with Crippen molar-refractivity contribution in [1.82, 2.24) is 0 Å². The monoisotopic (exact) mass is 1180 g/mol. The molecule has 1 fully saturated rings. The van der Waals surface area contributed by atoms with Crippen LogP contribution in [0.25, 0.3) is 0 Å². The van der Waals surface area contributed by atoms with Gasteiger partial charge in [-0.1, -0.05) is 229 Å². The molecular formula is C73H108O12. The first kappa shape index (κ1) is 76.8. The van der Waals surface area contributed by atoms with Gasteiger partial charge in [-0.05, 0) is 135 Å². The minimum atomic E-state index is -1.94. The lowest BCUT2D eigenvalue weighted by Gasteiger charge is -2.40. The van der Waals surface area contributed by atoms with Gasteiger partial charge in [0.1, 0.15) is 18.8 Å². The van der Waals surface area contributed by atoms with E-state index in [9.17, 15) is 34.5 Å². The van der Waals surface area contributed by atoms with Crippen molar-refractivity contribution in [2.24, 2.45) is 0 Å². The second-order valence-electron chi connectivity index (χ2n) is 20.5. The van der Waals surface area contributed by atoms with E-state index in [1.54, 1.807) is 0 Å². The molecule has 1 saturated heterocycles. The Bertz CT molecular complexity index is 2180. The number of hydrogen-bond donors (Lipinski definition) is 3. The van der Waals surface area contributed by atoms with Crippen molar-refractivity contribution in [1.29, 1.82) is 0 Å². The topological polar surface area (TPSA) is 175 Å². The van der Waals surface area contributed by atoms with Gasteiger partial charge < -0.3 is 39.0 Å². The molecule has 6 unspecified atom stereocenters. The predicted octanol–water partition coefficient (Wildman–Crippen LogP) is 17.2. The van der Waals surface area contributed by atoms with Crippen molar-refractivity contribution in [2.45, 2.75) is 237 Å². The summed E-state index contributed by atoms with van der Waals surface area (Å²) in [6.45, 7) is 5.52. The molecule has 0 aromatic heterocycles. The Hall–Kier alpha value is -6.18. The molecule has 12 nitrogen and oxygen atoms in total. The van der Waals surface area contributed by atoms with E-state index in [0.29, 0.717) is 32.1 Å². The van der Waals surface area contributed by atoms with Crippen LogP contribution < -0.4 is 0 Å². The lowest BCUT2D eigenvalue weighted by atomic mass is 9.98. The molecule has 0 saturated carbocycles. The van der Waals surface area contributed by atoms with E-state index in [1.165, 1.54) is 0 Å². The number of aliphatic carboxylic acids is 1. The molecule has 0 aromatic rings. The number of esters is 3. The van der Waals surface area contributed by atoms with Gasteiger partial charge in [-0.3, -0.25) is 14.4 Å². The molecule has 0 aliphatic carbocycles. The number of aliphatic hydroxyl groups is 2. The molecule has 1 heterocycles. The zero-order valence-electron chi connectivity index (χ0n) is 52.0. The molecule has 12 heteroatoms. The van der Waals surface area contributed by atoms with Crippen molar-refractivity contribution in [2.75, 3.05) is 13.2 Å². The van der Waals surface area contributed by atoms with Crippen LogP contribution in [0.2, 0.25) is 0 Å². The number of unbranched alkanes of at least 4 members (excludes halogenated alkanes) is 7. The van der Waals surface area contributed by atoms with E-state index < -0.39 is 73.9 Å². The maximum atomic E-state index is 13.2. The maximum absolute atomic E-state index is 13.2. The number of allylic oxidation sites excluding steroid dienone is 30. The summed E-state index contributed by atoms with van der Waals surface area (Å²) >= 11 is 0. The van der Waals surface area contributed by atoms with Crippen molar-refractivity contribution < 1.29 is 58.2 Å². The van der Waals surface area contributed by atoms with Gasteiger partial charge in [0.05, 0.1) is 6.61 Å². The molecule has 0 amide bonds. The molecule has 472 valence electrons. The van der Waals surface area contributed by atoms with Crippen LogP contribution in [0.3, 0.4) is 0 Å². The highest BCUT2D eigenvalue weighted by Crippen LogP contribution is 2.26. The van der Waals surface area contributed by atoms with Crippen LogP contribution in [-0.4, -0.2) is 89.2 Å². The van der Waals surface area contributed by atoms with Crippen molar-refractivity contribution in [3.8, 4) is 0 Å². The number of hydrogen-bond acceptors (Lipinski definition) is 11. The van der Waals surface area contributed by atoms with E-state index >= 15 is 0 Å². The second-order valence-corrected chi connectivity index (χ2v) is 20.5. The molecule has 0 aromatic carbocycles. The number of rotatable bonds is 51. The quantitative estimate of drug-likeness (QED) is 0.0228. The average molecular weight is 1180 g/mol. The molecule has 1 aliphatic rings. The highest BCUT2D eigenvalue weighted by molar-refractivity contribution is 5.74. The van der Waals surface area contributed by atoms with Crippen LogP contribution in [0.1, 0.15) is 201 Å². The fourth-order valence-corrected chi connectivity index (χ4v) is 8.24. The van der Waals surface area contributed by atoms with Crippen LogP contribution in [-0.2, 0) is 42.9 Å². The molecule has 3 N–H and O–H groups in total. The highest BCUT2D eigenvalue weighted by Gasteiger charge is 2.50. The molecule has 6 atom stereocenters. The Balaban J connectivity index is 2.77. The van der Waals surface area contributed by atoms with Crippen molar-refractivity contribution in [3.05, 3.63) is 182 Å². The number of carbonyl (C=O) groups is 4. The van der Waals surface area contributed by atoms with Crippen LogP contribution in [0.15, 0.2) is 182 Å². The standard InChI is InChI=1S/C73H108O12/c1-4-7-10-13-16-19-22-25-28-31-33-36-38-41-44-47-50-53-56-59-65(74)81-62-64(83-66(75)60-57-54-51-48-45-42-39-35-30-27-24-21-18-15-12-9-6-3)63-82-73-71(69(78)68(77)70(85-73)72(79)80)84-67(76)61-58-55-52-49-46-43-40-37-34-32-29-26-23-20-17-14-11-8-5-2/h7-12,16-21,25-30,33-34,36-37,39,41-42,44,48,50-51,53,64,68-71,73,77-78H,4-6,13-15,22-24,31-32,35,38,40,43,45-47,49,52,54-63H2,1-3H3,(H,79,80)/b10-7-,11-8-,12-9-,19-16-,20-17-,21-18-,28-25-,29-26-,30-27-,36-33-,37-34-,42-39-,44-41-,51-48-,53-50-. The van der Waals surface area contributed by atoms with Crippen molar-refractivity contribution >= 4 is 23.9 Å². The Morgan fingerprint density at radius 2 is 0.741 bits per heavy atom.